The lowest BCUT2D eigenvalue weighted by atomic mass is 10.0. The Labute approximate surface area is 143 Å². The van der Waals surface area contributed by atoms with E-state index in [1.165, 1.54) is 10.4 Å². The van der Waals surface area contributed by atoms with Crippen LogP contribution in [0.3, 0.4) is 0 Å². The lowest BCUT2D eigenvalue weighted by Gasteiger charge is -2.19. The molecule has 1 unspecified atom stereocenters. The van der Waals surface area contributed by atoms with Crippen molar-refractivity contribution in [2.24, 2.45) is 0 Å². The Morgan fingerprint density at radius 2 is 2.19 bits per heavy atom. The van der Waals surface area contributed by atoms with Gasteiger partial charge < -0.3 is 10.1 Å². The second kappa shape index (κ2) is 7.63. The number of ether oxygens (including phenoxy) is 1. The van der Waals surface area contributed by atoms with Crippen molar-refractivity contribution in [3.8, 4) is 5.75 Å². The van der Waals surface area contributed by atoms with Gasteiger partial charge in [0.05, 0.1) is 22.6 Å². The van der Waals surface area contributed by atoms with E-state index in [1.54, 1.807) is 18.4 Å². The van der Waals surface area contributed by atoms with E-state index >= 15 is 0 Å². The normalized spacial score (nSPS) is 12.4. The van der Waals surface area contributed by atoms with Crippen LogP contribution in [0.2, 0.25) is 5.02 Å². The molecule has 21 heavy (non-hydrogen) atoms. The van der Waals surface area contributed by atoms with E-state index in [4.69, 9.17) is 16.3 Å². The second-order valence-electron chi connectivity index (χ2n) is 4.88. The first-order chi connectivity index (χ1) is 10.1. The smallest absolute Gasteiger partial charge is 0.133 e. The molecule has 0 aliphatic rings. The summed E-state index contributed by atoms with van der Waals surface area (Å²) in [6.07, 6.45) is 1.08. The van der Waals surface area contributed by atoms with Gasteiger partial charge in [0.1, 0.15) is 5.75 Å². The van der Waals surface area contributed by atoms with Crippen LogP contribution in [0.1, 0.15) is 35.4 Å². The van der Waals surface area contributed by atoms with Gasteiger partial charge in [0.2, 0.25) is 0 Å². The number of benzene rings is 1. The van der Waals surface area contributed by atoms with Gasteiger partial charge in [-0.25, -0.2) is 0 Å². The minimum Gasteiger partial charge on any atom is -0.496 e. The van der Waals surface area contributed by atoms with Gasteiger partial charge in [0.15, 0.2) is 0 Å². The van der Waals surface area contributed by atoms with Gasteiger partial charge in [-0.05, 0) is 64.5 Å². The van der Waals surface area contributed by atoms with Crippen LogP contribution in [0.5, 0.6) is 5.75 Å². The van der Waals surface area contributed by atoms with Crippen LogP contribution in [-0.4, -0.2) is 13.7 Å². The van der Waals surface area contributed by atoms with Gasteiger partial charge in [-0.15, -0.1) is 11.3 Å². The maximum absolute atomic E-state index is 6.46. The highest BCUT2D eigenvalue weighted by atomic mass is 79.9. The maximum Gasteiger partial charge on any atom is 0.133 e. The monoisotopic (exact) mass is 387 g/mol. The van der Waals surface area contributed by atoms with E-state index < -0.39 is 0 Å². The highest BCUT2D eigenvalue weighted by molar-refractivity contribution is 9.10. The summed E-state index contributed by atoms with van der Waals surface area (Å²) in [4.78, 5) is 1.17. The Kier molecular flexibility index (Phi) is 6.11. The van der Waals surface area contributed by atoms with Crippen LogP contribution in [-0.2, 0) is 0 Å². The number of rotatable bonds is 6. The van der Waals surface area contributed by atoms with Crippen molar-refractivity contribution >= 4 is 38.9 Å². The molecule has 2 aromatic rings. The first-order valence-electron chi connectivity index (χ1n) is 6.88. The molecule has 2 rings (SSSR count). The molecule has 0 bridgehead atoms. The number of thiophene rings is 1. The lowest BCUT2D eigenvalue weighted by molar-refractivity contribution is 0.411. The summed E-state index contributed by atoms with van der Waals surface area (Å²) in [5, 5.41) is 6.55. The van der Waals surface area contributed by atoms with E-state index in [2.05, 4.69) is 45.7 Å². The third kappa shape index (κ3) is 3.81. The predicted octanol–water partition coefficient (Wildman–Crippen LogP) is 5.57. The molecule has 1 heterocycles. The largest absolute Gasteiger partial charge is 0.496 e. The average molecular weight is 389 g/mol. The van der Waals surface area contributed by atoms with E-state index in [0.29, 0.717) is 0 Å². The first kappa shape index (κ1) is 16.8. The topological polar surface area (TPSA) is 21.3 Å². The molecule has 0 radical (unpaired) electrons. The molecular weight excluding hydrogens is 370 g/mol. The number of nitrogens with one attached hydrogen (secondary N) is 1. The highest BCUT2D eigenvalue weighted by Gasteiger charge is 2.20. The summed E-state index contributed by atoms with van der Waals surface area (Å²) < 4.78 is 6.26. The fourth-order valence-corrected chi connectivity index (χ4v) is 4.12. The molecule has 1 N–H and O–H groups in total. The number of hydrogen-bond donors (Lipinski definition) is 1. The molecule has 0 aliphatic heterocycles. The number of halogens is 2. The van der Waals surface area contributed by atoms with Gasteiger partial charge in [-0.2, -0.15) is 0 Å². The van der Waals surface area contributed by atoms with Crippen molar-refractivity contribution in [3.63, 3.8) is 0 Å². The van der Waals surface area contributed by atoms with E-state index in [0.717, 1.165) is 33.8 Å². The summed E-state index contributed by atoms with van der Waals surface area (Å²) in [6.45, 7) is 5.15. The van der Waals surface area contributed by atoms with Crippen molar-refractivity contribution < 1.29 is 4.74 Å². The summed E-state index contributed by atoms with van der Waals surface area (Å²) >= 11 is 11.7. The van der Waals surface area contributed by atoms with Crippen LogP contribution in [0.4, 0.5) is 0 Å². The third-order valence-corrected chi connectivity index (χ3v) is 5.69. The predicted molar refractivity (Wildman–Crippen MR) is 94.9 cm³/mol. The molecule has 0 fully saturated rings. The zero-order chi connectivity index (χ0) is 15.4. The van der Waals surface area contributed by atoms with Crippen molar-refractivity contribution in [2.45, 2.75) is 26.3 Å². The fourth-order valence-electron chi connectivity index (χ4n) is 2.16. The molecule has 2 nitrogen and oxygen atoms in total. The number of aryl methyl sites for hydroxylation is 1. The Morgan fingerprint density at radius 3 is 2.71 bits per heavy atom. The molecular formula is C16H19BrClNOS. The summed E-state index contributed by atoms with van der Waals surface area (Å²) in [7, 11) is 1.67. The van der Waals surface area contributed by atoms with Crippen molar-refractivity contribution in [3.05, 3.63) is 49.1 Å². The minimum atomic E-state index is 0.110. The van der Waals surface area contributed by atoms with Crippen molar-refractivity contribution in [1.82, 2.24) is 5.32 Å². The first-order valence-corrected chi connectivity index (χ1v) is 8.93. The average Bonchev–Trinajstić information content (AvgIpc) is 2.80. The quantitative estimate of drug-likeness (QED) is 0.698. The maximum atomic E-state index is 6.46. The third-order valence-electron chi connectivity index (χ3n) is 3.30. The van der Waals surface area contributed by atoms with E-state index in [-0.39, 0.29) is 6.04 Å². The molecule has 0 saturated heterocycles. The Morgan fingerprint density at radius 1 is 1.43 bits per heavy atom. The van der Waals surface area contributed by atoms with Crippen molar-refractivity contribution in [2.75, 3.05) is 13.7 Å². The van der Waals surface area contributed by atoms with E-state index in [1.807, 2.05) is 13.0 Å². The fraction of sp³-hybridized carbons (Fsp3) is 0.375. The van der Waals surface area contributed by atoms with Crippen LogP contribution in [0.15, 0.2) is 28.1 Å². The van der Waals surface area contributed by atoms with E-state index in [9.17, 15) is 0 Å². The van der Waals surface area contributed by atoms with Gasteiger partial charge in [-0.3, -0.25) is 0 Å². The van der Waals surface area contributed by atoms with Gasteiger partial charge in [-0.1, -0.05) is 24.6 Å². The van der Waals surface area contributed by atoms with Gasteiger partial charge >= 0.3 is 0 Å². The number of methoxy groups -OCH3 is 1. The van der Waals surface area contributed by atoms with Crippen LogP contribution < -0.4 is 10.1 Å². The molecule has 0 aliphatic carbocycles. The Bertz CT molecular complexity index is 614. The zero-order valence-corrected chi connectivity index (χ0v) is 15.5. The molecule has 0 amide bonds. The SMILES string of the molecule is CCCNC(c1ccc(OC)c(Br)c1)c1scc(C)c1Cl. The zero-order valence-electron chi connectivity index (χ0n) is 12.4. The molecule has 1 aromatic carbocycles. The van der Waals surface area contributed by atoms with Gasteiger partial charge in [0.25, 0.3) is 0 Å². The summed E-state index contributed by atoms with van der Waals surface area (Å²) in [5.74, 6) is 0.835. The summed E-state index contributed by atoms with van der Waals surface area (Å²) in [5.41, 5.74) is 2.31. The van der Waals surface area contributed by atoms with Crippen LogP contribution >= 0.6 is 38.9 Å². The molecule has 5 heteroatoms. The van der Waals surface area contributed by atoms with Crippen molar-refractivity contribution in [1.29, 1.82) is 0 Å². The van der Waals surface area contributed by atoms with Crippen LogP contribution in [0, 0.1) is 6.92 Å². The number of hydrogen-bond acceptors (Lipinski definition) is 3. The molecule has 1 atom stereocenters. The lowest BCUT2D eigenvalue weighted by Crippen LogP contribution is -2.22. The minimum absolute atomic E-state index is 0.110. The van der Waals surface area contributed by atoms with Gasteiger partial charge in [0, 0.05) is 4.88 Å². The molecule has 114 valence electrons. The van der Waals surface area contributed by atoms with Crippen LogP contribution in [0.25, 0.3) is 0 Å². The Hall–Kier alpha value is -0.550. The molecule has 0 spiro atoms. The highest BCUT2D eigenvalue weighted by Crippen LogP contribution is 2.37. The second-order valence-corrected chi connectivity index (χ2v) is 7.02. The molecule has 0 saturated carbocycles. The molecule has 1 aromatic heterocycles. The standard InChI is InChI=1S/C16H19BrClNOS/c1-4-7-19-15(16-14(18)10(2)9-21-16)11-5-6-13(20-3)12(17)8-11/h5-6,8-9,15,19H,4,7H2,1-3H3. The summed E-state index contributed by atoms with van der Waals surface area (Å²) in [6, 6.07) is 6.27. The Balaban J connectivity index is 2.40.